The number of fused-ring (bicyclic) bond motifs is 3. The highest BCUT2D eigenvalue weighted by atomic mass is 35.5. The summed E-state index contributed by atoms with van der Waals surface area (Å²) in [5, 5.41) is 4.75. The maximum atomic E-state index is 12.8. The van der Waals surface area contributed by atoms with Gasteiger partial charge in [-0.1, -0.05) is 23.0 Å². The first-order valence-electron chi connectivity index (χ1n) is 7.10. The third kappa shape index (κ3) is 2.28. The zero-order valence-electron chi connectivity index (χ0n) is 11.9. The summed E-state index contributed by atoms with van der Waals surface area (Å²) in [4.78, 5) is 19.5. The molecule has 8 heteroatoms. The van der Waals surface area contributed by atoms with Gasteiger partial charge in [-0.15, -0.1) is 16.4 Å². The molecule has 5 nitrogen and oxygen atoms in total. The Hall–Kier alpha value is -1.31. The molecular formula is C14H13ClN4OS2. The summed E-state index contributed by atoms with van der Waals surface area (Å²) in [6.45, 7) is 2.58. The van der Waals surface area contributed by atoms with E-state index in [9.17, 15) is 4.79 Å². The molecule has 0 N–H and O–H groups in total. The highest BCUT2D eigenvalue weighted by Gasteiger charge is 2.23. The fourth-order valence-electron chi connectivity index (χ4n) is 2.93. The molecule has 0 aromatic carbocycles. The molecule has 0 amide bonds. The van der Waals surface area contributed by atoms with Crippen molar-refractivity contribution in [3.05, 3.63) is 37.2 Å². The lowest BCUT2D eigenvalue weighted by Crippen LogP contribution is -2.22. The lowest BCUT2D eigenvalue weighted by Gasteiger charge is -2.17. The molecule has 0 fully saturated rings. The molecule has 0 radical (unpaired) electrons. The Balaban J connectivity index is 1.84. The second-order valence-electron chi connectivity index (χ2n) is 5.70. The maximum Gasteiger partial charge on any atom is 0.262 e. The third-order valence-electron chi connectivity index (χ3n) is 4.11. The van der Waals surface area contributed by atoms with Crippen LogP contribution in [-0.2, 0) is 19.4 Å². The largest absolute Gasteiger partial charge is 0.292 e. The average Bonchev–Trinajstić information content (AvgIpc) is 3.05. The lowest BCUT2D eigenvalue weighted by molar-refractivity contribution is 0.509. The van der Waals surface area contributed by atoms with Crippen LogP contribution in [0.4, 0.5) is 0 Å². The summed E-state index contributed by atoms with van der Waals surface area (Å²) in [6, 6.07) is 0. The Morgan fingerprint density at radius 3 is 3.14 bits per heavy atom. The van der Waals surface area contributed by atoms with Crippen molar-refractivity contribution in [1.29, 1.82) is 0 Å². The standard InChI is InChI=1S/C14H13ClN4OS2/c1-7-2-3-8-10(4-7)21-13-11(8)14(20)19(6-16-13)5-9-12(15)22-18-17-9/h6-7H,2-5H2,1H3. The van der Waals surface area contributed by atoms with Gasteiger partial charge >= 0.3 is 0 Å². The summed E-state index contributed by atoms with van der Waals surface area (Å²) >= 11 is 8.82. The van der Waals surface area contributed by atoms with Crippen molar-refractivity contribution in [2.24, 2.45) is 5.92 Å². The van der Waals surface area contributed by atoms with Gasteiger partial charge in [-0.2, -0.15) is 0 Å². The van der Waals surface area contributed by atoms with E-state index in [4.69, 9.17) is 11.6 Å². The van der Waals surface area contributed by atoms with Crippen LogP contribution in [-0.4, -0.2) is 19.1 Å². The number of thiophene rings is 1. The van der Waals surface area contributed by atoms with Gasteiger partial charge in [0, 0.05) is 16.4 Å². The number of aryl methyl sites for hydroxylation is 1. The SMILES string of the molecule is CC1CCc2c(sc3ncn(Cc4nnsc4Cl)c(=O)c23)C1. The zero-order valence-corrected chi connectivity index (χ0v) is 14.3. The lowest BCUT2D eigenvalue weighted by atomic mass is 9.89. The van der Waals surface area contributed by atoms with Crippen molar-refractivity contribution < 1.29 is 0 Å². The monoisotopic (exact) mass is 352 g/mol. The number of aromatic nitrogens is 4. The predicted octanol–water partition coefficient (Wildman–Crippen LogP) is 3.14. The second kappa shape index (κ2) is 5.40. The van der Waals surface area contributed by atoms with Crippen LogP contribution in [0.1, 0.15) is 29.5 Å². The Morgan fingerprint density at radius 1 is 1.50 bits per heavy atom. The number of rotatable bonds is 2. The van der Waals surface area contributed by atoms with Crippen LogP contribution in [0.25, 0.3) is 10.2 Å². The van der Waals surface area contributed by atoms with E-state index < -0.39 is 0 Å². The van der Waals surface area contributed by atoms with E-state index in [0.29, 0.717) is 22.5 Å². The Kier molecular flexibility index (Phi) is 3.51. The summed E-state index contributed by atoms with van der Waals surface area (Å²) in [7, 11) is 0. The molecule has 1 aliphatic carbocycles. The smallest absolute Gasteiger partial charge is 0.262 e. The third-order valence-corrected chi connectivity index (χ3v) is 6.26. The van der Waals surface area contributed by atoms with Gasteiger partial charge in [0.25, 0.3) is 5.56 Å². The van der Waals surface area contributed by atoms with E-state index in [1.165, 1.54) is 10.4 Å². The minimum Gasteiger partial charge on any atom is -0.292 e. The van der Waals surface area contributed by atoms with Crippen molar-refractivity contribution in [3.8, 4) is 0 Å². The topological polar surface area (TPSA) is 60.7 Å². The summed E-state index contributed by atoms with van der Waals surface area (Å²) < 4.78 is 5.91. The Labute approximate surface area is 139 Å². The van der Waals surface area contributed by atoms with Crippen LogP contribution in [0.2, 0.25) is 4.34 Å². The second-order valence-corrected chi connectivity index (χ2v) is 8.14. The fraction of sp³-hybridized carbons (Fsp3) is 0.429. The van der Waals surface area contributed by atoms with Gasteiger partial charge in [0.1, 0.15) is 14.9 Å². The molecule has 3 aromatic heterocycles. The molecule has 0 spiro atoms. The molecule has 4 rings (SSSR count). The molecule has 1 unspecified atom stereocenters. The van der Waals surface area contributed by atoms with Gasteiger partial charge in [-0.05, 0) is 30.7 Å². The van der Waals surface area contributed by atoms with E-state index >= 15 is 0 Å². The molecule has 0 aliphatic heterocycles. The first-order valence-corrected chi connectivity index (χ1v) is 9.06. The van der Waals surface area contributed by atoms with Crippen molar-refractivity contribution in [3.63, 3.8) is 0 Å². The number of nitrogens with zero attached hydrogens (tertiary/aromatic N) is 4. The highest BCUT2D eigenvalue weighted by Crippen LogP contribution is 2.35. The van der Waals surface area contributed by atoms with E-state index in [1.807, 2.05) is 0 Å². The quantitative estimate of drug-likeness (QED) is 0.711. The first kappa shape index (κ1) is 14.3. The van der Waals surface area contributed by atoms with Crippen molar-refractivity contribution in [2.75, 3.05) is 0 Å². The van der Waals surface area contributed by atoms with Crippen LogP contribution >= 0.6 is 34.5 Å². The normalized spacial score (nSPS) is 17.8. The Bertz CT molecular complexity index is 913. The van der Waals surface area contributed by atoms with E-state index in [0.717, 1.165) is 41.0 Å². The minimum absolute atomic E-state index is 0.00104. The maximum absolute atomic E-state index is 12.8. The van der Waals surface area contributed by atoms with Gasteiger partial charge in [-0.3, -0.25) is 9.36 Å². The van der Waals surface area contributed by atoms with E-state index in [-0.39, 0.29) is 5.56 Å². The van der Waals surface area contributed by atoms with Gasteiger partial charge in [0.2, 0.25) is 0 Å². The van der Waals surface area contributed by atoms with Crippen LogP contribution < -0.4 is 5.56 Å². The fourth-order valence-corrected chi connectivity index (χ4v) is 4.88. The van der Waals surface area contributed by atoms with Crippen molar-refractivity contribution in [2.45, 2.75) is 32.7 Å². The molecule has 22 heavy (non-hydrogen) atoms. The van der Waals surface area contributed by atoms with Crippen LogP contribution in [0.3, 0.4) is 0 Å². The van der Waals surface area contributed by atoms with Gasteiger partial charge < -0.3 is 0 Å². The van der Waals surface area contributed by atoms with Gasteiger partial charge in [0.15, 0.2) is 0 Å². The van der Waals surface area contributed by atoms with Crippen molar-refractivity contribution >= 4 is 44.7 Å². The number of halogens is 1. The van der Waals surface area contributed by atoms with Crippen LogP contribution in [0, 0.1) is 5.92 Å². The molecule has 1 atom stereocenters. The molecular weight excluding hydrogens is 340 g/mol. The van der Waals surface area contributed by atoms with Crippen LogP contribution in [0.15, 0.2) is 11.1 Å². The minimum atomic E-state index is 0.00104. The van der Waals surface area contributed by atoms with E-state index in [1.54, 1.807) is 22.2 Å². The number of hydrogen-bond acceptors (Lipinski definition) is 6. The molecule has 0 saturated carbocycles. The zero-order chi connectivity index (χ0) is 15.3. The predicted molar refractivity (Wildman–Crippen MR) is 89.1 cm³/mol. The van der Waals surface area contributed by atoms with Gasteiger partial charge in [-0.25, -0.2) is 4.98 Å². The van der Waals surface area contributed by atoms with Gasteiger partial charge in [0.05, 0.1) is 18.3 Å². The molecule has 1 aliphatic rings. The molecule has 3 aromatic rings. The summed E-state index contributed by atoms with van der Waals surface area (Å²) in [5.41, 5.74) is 1.82. The summed E-state index contributed by atoms with van der Waals surface area (Å²) in [6.07, 6.45) is 4.74. The Morgan fingerprint density at radius 2 is 2.36 bits per heavy atom. The summed E-state index contributed by atoms with van der Waals surface area (Å²) in [5.74, 6) is 0.683. The van der Waals surface area contributed by atoms with Crippen molar-refractivity contribution in [1.82, 2.24) is 19.1 Å². The molecule has 3 heterocycles. The molecule has 114 valence electrons. The van der Waals surface area contributed by atoms with Crippen LogP contribution in [0.5, 0.6) is 0 Å². The van der Waals surface area contributed by atoms with E-state index in [2.05, 4.69) is 21.5 Å². The highest BCUT2D eigenvalue weighted by molar-refractivity contribution is 7.18. The molecule has 0 saturated heterocycles. The first-order chi connectivity index (χ1) is 10.6. The molecule has 0 bridgehead atoms. The number of hydrogen-bond donors (Lipinski definition) is 0. The average molecular weight is 353 g/mol.